The lowest BCUT2D eigenvalue weighted by molar-refractivity contribution is -0.118. The number of amides is 1. The zero-order chi connectivity index (χ0) is 19.4. The number of rotatable bonds is 8. The predicted molar refractivity (Wildman–Crippen MR) is 112 cm³/mol. The number of aryl methyl sites for hydroxylation is 1. The number of nitrogen functional groups attached to an aromatic ring is 1. The highest BCUT2D eigenvalue weighted by molar-refractivity contribution is 7.99. The van der Waals surface area contributed by atoms with E-state index in [-0.39, 0.29) is 17.8 Å². The second kappa shape index (κ2) is 9.21. The number of nitrogens with one attached hydrogen (secondary N) is 1. The van der Waals surface area contributed by atoms with Gasteiger partial charge in [-0.3, -0.25) is 4.79 Å². The molecular weight excluding hydrogens is 380 g/mol. The molecule has 0 fully saturated rings. The van der Waals surface area contributed by atoms with Crippen LogP contribution in [-0.2, 0) is 22.4 Å². The molecule has 0 radical (unpaired) electrons. The van der Waals surface area contributed by atoms with Crippen molar-refractivity contribution in [3.63, 3.8) is 0 Å². The van der Waals surface area contributed by atoms with Crippen LogP contribution in [0.4, 0.5) is 5.82 Å². The summed E-state index contributed by atoms with van der Waals surface area (Å²) in [7, 11) is 0. The first-order valence-corrected chi connectivity index (χ1v) is 11.3. The minimum absolute atomic E-state index is 0.0221. The molecule has 0 spiro atoms. The van der Waals surface area contributed by atoms with Gasteiger partial charge in [0.2, 0.25) is 5.91 Å². The Morgan fingerprint density at radius 2 is 2.26 bits per heavy atom. The quantitative estimate of drug-likeness (QED) is 0.395. The SMILES string of the molecule is CC1CCc2c(sc3nc(SCC(=O)NCCCOC(C)C)nc(N)c23)C1. The maximum atomic E-state index is 12.0. The topological polar surface area (TPSA) is 90.1 Å². The third kappa shape index (κ3) is 5.33. The fraction of sp³-hybridized carbons (Fsp3) is 0.632. The molecule has 6 nitrogen and oxygen atoms in total. The van der Waals surface area contributed by atoms with E-state index in [1.165, 1.54) is 28.6 Å². The van der Waals surface area contributed by atoms with E-state index in [2.05, 4.69) is 22.2 Å². The van der Waals surface area contributed by atoms with E-state index >= 15 is 0 Å². The maximum absolute atomic E-state index is 12.0. The molecule has 2 aromatic rings. The summed E-state index contributed by atoms with van der Waals surface area (Å²) in [5.74, 6) is 1.52. The molecule has 1 aliphatic carbocycles. The van der Waals surface area contributed by atoms with Gasteiger partial charge >= 0.3 is 0 Å². The predicted octanol–water partition coefficient (Wildman–Crippen LogP) is 3.42. The molecule has 0 saturated carbocycles. The van der Waals surface area contributed by atoms with Crippen LogP contribution in [0.3, 0.4) is 0 Å². The largest absolute Gasteiger partial charge is 0.383 e. The van der Waals surface area contributed by atoms with Gasteiger partial charge in [0.25, 0.3) is 0 Å². The minimum Gasteiger partial charge on any atom is -0.383 e. The van der Waals surface area contributed by atoms with Crippen LogP contribution >= 0.6 is 23.1 Å². The van der Waals surface area contributed by atoms with Crippen molar-refractivity contribution in [3.8, 4) is 0 Å². The van der Waals surface area contributed by atoms with E-state index in [0.717, 1.165) is 29.5 Å². The number of ether oxygens (including phenoxy) is 1. The Balaban J connectivity index is 1.55. The van der Waals surface area contributed by atoms with E-state index in [1.807, 2.05) is 13.8 Å². The minimum atomic E-state index is -0.0221. The number of aromatic nitrogens is 2. The van der Waals surface area contributed by atoms with Crippen molar-refractivity contribution in [2.45, 2.75) is 57.7 Å². The number of carbonyl (C=O) groups is 1. The monoisotopic (exact) mass is 408 g/mol. The number of thiophene rings is 1. The van der Waals surface area contributed by atoms with Crippen LogP contribution in [0.15, 0.2) is 5.16 Å². The van der Waals surface area contributed by atoms with Gasteiger partial charge in [-0.15, -0.1) is 11.3 Å². The molecule has 1 atom stereocenters. The van der Waals surface area contributed by atoms with Gasteiger partial charge in [-0.2, -0.15) is 0 Å². The molecule has 3 N–H and O–H groups in total. The summed E-state index contributed by atoms with van der Waals surface area (Å²) in [6, 6.07) is 0. The van der Waals surface area contributed by atoms with Crippen molar-refractivity contribution in [1.29, 1.82) is 0 Å². The Morgan fingerprint density at radius 3 is 3.04 bits per heavy atom. The Hall–Kier alpha value is -1.38. The summed E-state index contributed by atoms with van der Waals surface area (Å²) in [4.78, 5) is 23.4. The number of carbonyl (C=O) groups excluding carboxylic acids is 1. The first-order chi connectivity index (χ1) is 12.9. The molecule has 0 saturated heterocycles. The number of hydrogen-bond acceptors (Lipinski definition) is 7. The summed E-state index contributed by atoms with van der Waals surface area (Å²) in [5.41, 5.74) is 7.57. The van der Waals surface area contributed by atoms with Gasteiger partial charge in [0, 0.05) is 18.0 Å². The lowest BCUT2D eigenvalue weighted by atomic mass is 9.89. The first-order valence-electron chi connectivity index (χ1n) is 9.53. The first kappa shape index (κ1) is 20.4. The summed E-state index contributed by atoms with van der Waals surface area (Å²) in [5, 5.41) is 4.50. The van der Waals surface area contributed by atoms with Crippen molar-refractivity contribution in [1.82, 2.24) is 15.3 Å². The molecule has 1 amide bonds. The Kier molecular flexibility index (Phi) is 6.94. The van der Waals surface area contributed by atoms with Crippen molar-refractivity contribution in [2.24, 2.45) is 5.92 Å². The molecule has 3 rings (SSSR count). The van der Waals surface area contributed by atoms with Gasteiger partial charge in [0.1, 0.15) is 10.6 Å². The van der Waals surface area contributed by atoms with Crippen molar-refractivity contribution < 1.29 is 9.53 Å². The van der Waals surface area contributed by atoms with Gasteiger partial charge in [-0.25, -0.2) is 9.97 Å². The van der Waals surface area contributed by atoms with E-state index in [4.69, 9.17) is 10.5 Å². The zero-order valence-electron chi connectivity index (χ0n) is 16.2. The smallest absolute Gasteiger partial charge is 0.230 e. The van der Waals surface area contributed by atoms with Crippen molar-refractivity contribution in [2.75, 3.05) is 24.6 Å². The van der Waals surface area contributed by atoms with Crippen LogP contribution in [0.25, 0.3) is 10.2 Å². The molecule has 2 heterocycles. The van der Waals surface area contributed by atoms with Crippen LogP contribution in [0.1, 0.15) is 44.1 Å². The summed E-state index contributed by atoms with van der Waals surface area (Å²) >= 11 is 3.06. The average Bonchev–Trinajstić information content (AvgIpc) is 2.97. The highest BCUT2D eigenvalue weighted by Crippen LogP contribution is 2.39. The summed E-state index contributed by atoms with van der Waals surface area (Å²) in [6.07, 6.45) is 4.38. The van der Waals surface area contributed by atoms with Gasteiger partial charge < -0.3 is 15.8 Å². The number of thioether (sulfide) groups is 1. The molecule has 148 valence electrons. The lowest BCUT2D eigenvalue weighted by Crippen LogP contribution is -2.27. The van der Waals surface area contributed by atoms with Gasteiger partial charge in [0.15, 0.2) is 5.16 Å². The highest BCUT2D eigenvalue weighted by atomic mass is 32.2. The molecular formula is C19H28N4O2S2. The normalized spacial score (nSPS) is 16.7. The van der Waals surface area contributed by atoms with E-state index in [9.17, 15) is 4.79 Å². The number of hydrogen-bond donors (Lipinski definition) is 2. The number of nitrogens with two attached hydrogens (primary N) is 1. The van der Waals surface area contributed by atoms with Gasteiger partial charge in [-0.05, 0) is 51.0 Å². The highest BCUT2D eigenvalue weighted by Gasteiger charge is 2.23. The maximum Gasteiger partial charge on any atom is 0.230 e. The summed E-state index contributed by atoms with van der Waals surface area (Å²) in [6.45, 7) is 7.56. The molecule has 0 bridgehead atoms. The molecule has 27 heavy (non-hydrogen) atoms. The number of anilines is 1. The van der Waals surface area contributed by atoms with E-state index < -0.39 is 0 Å². The van der Waals surface area contributed by atoms with Crippen molar-refractivity contribution >= 4 is 45.0 Å². The molecule has 0 aliphatic heterocycles. The van der Waals surface area contributed by atoms with E-state index in [1.54, 1.807) is 11.3 Å². The third-order valence-electron chi connectivity index (χ3n) is 4.59. The Labute approximate surface area is 168 Å². The van der Waals surface area contributed by atoms with Crippen LogP contribution in [0.5, 0.6) is 0 Å². The second-order valence-electron chi connectivity index (χ2n) is 7.34. The zero-order valence-corrected chi connectivity index (χ0v) is 17.8. The average molecular weight is 409 g/mol. The molecule has 2 aromatic heterocycles. The Bertz CT molecular complexity index is 807. The van der Waals surface area contributed by atoms with Gasteiger partial charge in [-0.1, -0.05) is 18.7 Å². The summed E-state index contributed by atoms with van der Waals surface area (Å²) < 4.78 is 5.46. The third-order valence-corrected chi connectivity index (χ3v) is 6.58. The fourth-order valence-electron chi connectivity index (χ4n) is 3.21. The van der Waals surface area contributed by atoms with E-state index in [0.29, 0.717) is 30.0 Å². The van der Waals surface area contributed by atoms with Crippen LogP contribution in [0.2, 0.25) is 0 Å². The fourth-order valence-corrected chi connectivity index (χ4v) is 5.34. The standard InChI is InChI=1S/C19H28N4O2S2/c1-11(2)25-8-4-7-21-15(24)10-26-19-22-17(20)16-13-6-5-12(3)9-14(13)27-18(16)23-19/h11-12H,4-10H2,1-3H3,(H,21,24)(H2,20,22,23). The molecule has 8 heteroatoms. The molecule has 1 aliphatic rings. The van der Waals surface area contributed by atoms with Crippen LogP contribution in [-0.4, -0.2) is 40.9 Å². The second-order valence-corrected chi connectivity index (χ2v) is 9.36. The van der Waals surface area contributed by atoms with Crippen LogP contribution < -0.4 is 11.1 Å². The number of nitrogens with zero attached hydrogens (tertiary/aromatic N) is 2. The Morgan fingerprint density at radius 1 is 1.44 bits per heavy atom. The molecule has 0 aromatic carbocycles. The lowest BCUT2D eigenvalue weighted by Gasteiger charge is -2.17. The van der Waals surface area contributed by atoms with Gasteiger partial charge in [0.05, 0.1) is 17.2 Å². The number of fused-ring (bicyclic) bond motifs is 3. The van der Waals surface area contributed by atoms with Crippen LogP contribution in [0, 0.1) is 5.92 Å². The van der Waals surface area contributed by atoms with Crippen molar-refractivity contribution in [3.05, 3.63) is 10.4 Å². The molecule has 1 unspecified atom stereocenters.